The molecule has 1 aromatic carbocycles. The van der Waals surface area contributed by atoms with E-state index in [9.17, 15) is 4.39 Å². The number of nitrogens with zero attached hydrogens (tertiary/aromatic N) is 2. The van der Waals surface area contributed by atoms with Crippen LogP contribution in [0.4, 0.5) is 16.2 Å². The van der Waals surface area contributed by atoms with Crippen molar-refractivity contribution in [2.45, 2.75) is 6.92 Å². The highest BCUT2D eigenvalue weighted by Gasteiger charge is 2.06. The first-order valence-corrected chi connectivity index (χ1v) is 5.97. The topological polar surface area (TPSA) is 73.1 Å². The molecule has 2 rings (SSSR count). The number of hydrogen-bond donors (Lipinski definition) is 2. The summed E-state index contributed by atoms with van der Waals surface area (Å²) >= 11 is 5.67. The van der Waals surface area contributed by atoms with Crippen molar-refractivity contribution >= 4 is 23.4 Å². The Morgan fingerprint density at radius 1 is 1.37 bits per heavy atom. The summed E-state index contributed by atoms with van der Waals surface area (Å²) in [6.45, 7) is 2.62. The minimum atomic E-state index is -0.510. The van der Waals surface area contributed by atoms with Crippen molar-refractivity contribution in [2.75, 3.05) is 17.6 Å². The van der Waals surface area contributed by atoms with Gasteiger partial charge in [-0.1, -0.05) is 11.6 Å². The number of nitrogen functional groups attached to an aromatic ring is 1. The molecule has 0 radical (unpaired) electrons. The fourth-order valence-corrected chi connectivity index (χ4v) is 1.60. The summed E-state index contributed by atoms with van der Waals surface area (Å²) in [5, 5.41) is 2.98. The molecule has 0 aliphatic carbocycles. The van der Waals surface area contributed by atoms with Crippen molar-refractivity contribution in [3.8, 4) is 11.6 Å². The Hall–Kier alpha value is -2.08. The zero-order valence-electron chi connectivity index (χ0n) is 10.2. The Bertz CT molecular complexity index is 594. The molecule has 3 N–H and O–H groups in total. The van der Waals surface area contributed by atoms with E-state index in [-0.39, 0.29) is 16.9 Å². The van der Waals surface area contributed by atoms with E-state index in [0.29, 0.717) is 18.1 Å². The summed E-state index contributed by atoms with van der Waals surface area (Å²) in [6, 6.07) is 5.62. The zero-order valence-corrected chi connectivity index (χ0v) is 10.9. The van der Waals surface area contributed by atoms with Crippen molar-refractivity contribution in [3.63, 3.8) is 0 Å². The molecule has 0 fully saturated rings. The van der Waals surface area contributed by atoms with Gasteiger partial charge in [0.2, 0.25) is 11.8 Å². The van der Waals surface area contributed by atoms with Gasteiger partial charge in [0, 0.05) is 18.7 Å². The van der Waals surface area contributed by atoms with Crippen LogP contribution in [0.3, 0.4) is 0 Å². The quantitative estimate of drug-likeness (QED) is 0.901. The van der Waals surface area contributed by atoms with E-state index in [1.807, 2.05) is 6.92 Å². The van der Waals surface area contributed by atoms with Crippen molar-refractivity contribution in [1.82, 2.24) is 9.97 Å². The van der Waals surface area contributed by atoms with E-state index in [4.69, 9.17) is 22.1 Å². The average molecular weight is 283 g/mol. The summed E-state index contributed by atoms with van der Waals surface area (Å²) in [4.78, 5) is 7.92. The van der Waals surface area contributed by atoms with E-state index in [1.165, 1.54) is 18.2 Å². The fraction of sp³-hybridized carbons (Fsp3) is 0.167. The lowest BCUT2D eigenvalue weighted by Gasteiger charge is -2.08. The molecule has 1 aromatic heterocycles. The normalized spacial score (nSPS) is 10.3. The van der Waals surface area contributed by atoms with Crippen molar-refractivity contribution in [1.29, 1.82) is 0 Å². The van der Waals surface area contributed by atoms with Gasteiger partial charge in [-0.2, -0.15) is 9.97 Å². The third-order valence-electron chi connectivity index (χ3n) is 2.19. The number of halogens is 2. The van der Waals surface area contributed by atoms with Crippen LogP contribution in [0.25, 0.3) is 0 Å². The Labute approximate surface area is 114 Å². The Morgan fingerprint density at radius 3 is 2.84 bits per heavy atom. The molecule has 0 aliphatic heterocycles. The predicted octanol–water partition coefficient (Wildman–Crippen LogP) is 3.08. The van der Waals surface area contributed by atoms with Gasteiger partial charge in [0.1, 0.15) is 17.4 Å². The molecule has 0 aliphatic rings. The molecule has 0 spiro atoms. The maximum absolute atomic E-state index is 13.0. The smallest absolute Gasteiger partial charge is 0.226 e. The Morgan fingerprint density at radius 2 is 2.16 bits per heavy atom. The number of rotatable bonds is 4. The van der Waals surface area contributed by atoms with Gasteiger partial charge in [-0.15, -0.1) is 0 Å². The molecule has 0 atom stereocenters. The molecule has 1 heterocycles. The highest BCUT2D eigenvalue weighted by atomic mass is 35.5. The number of hydrogen-bond acceptors (Lipinski definition) is 5. The third-order valence-corrected chi connectivity index (χ3v) is 2.48. The summed E-state index contributed by atoms with van der Waals surface area (Å²) in [6.07, 6.45) is 0. The minimum absolute atomic E-state index is 0.0218. The van der Waals surface area contributed by atoms with Crippen LogP contribution in [0, 0.1) is 5.82 Å². The maximum atomic E-state index is 13.0. The minimum Gasteiger partial charge on any atom is -0.439 e. The summed E-state index contributed by atoms with van der Waals surface area (Å²) < 4.78 is 18.5. The lowest BCUT2D eigenvalue weighted by molar-refractivity contribution is 0.461. The first kappa shape index (κ1) is 13.4. The van der Waals surface area contributed by atoms with E-state index >= 15 is 0 Å². The van der Waals surface area contributed by atoms with Crippen LogP contribution in [0.5, 0.6) is 11.6 Å². The van der Waals surface area contributed by atoms with Crippen molar-refractivity contribution in [3.05, 3.63) is 35.1 Å². The first-order valence-electron chi connectivity index (χ1n) is 5.60. The van der Waals surface area contributed by atoms with Gasteiger partial charge in [0.25, 0.3) is 0 Å². The van der Waals surface area contributed by atoms with E-state index in [1.54, 1.807) is 6.07 Å². The maximum Gasteiger partial charge on any atom is 0.226 e. The van der Waals surface area contributed by atoms with Crippen LogP contribution >= 0.6 is 11.6 Å². The SMILES string of the molecule is CCNc1cc(Oc2ccc(F)c(Cl)c2)nc(N)n1. The Balaban J connectivity index is 2.24. The molecule has 5 nitrogen and oxygen atoms in total. The number of benzene rings is 1. The van der Waals surface area contributed by atoms with E-state index in [2.05, 4.69) is 15.3 Å². The highest BCUT2D eigenvalue weighted by molar-refractivity contribution is 6.30. The number of anilines is 2. The molecule has 0 saturated carbocycles. The lowest BCUT2D eigenvalue weighted by atomic mass is 10.3. The summed E-state index contributed by atoms with van der Waals surface area (Å²) in [7, 11) is 0. The molecule has 0 unspecified atom stereocenters. The van der Waals surface area contributed by atoms with Gasteiger partial charge in [0.05, 0.1) is 5.02 Å². The number of ether oxygens (including phenoxy) is 1. The van der Waals surface area contributed by atoms with Gasteiger partial charge in [-0.3, -0.25) is 0 Å². The number of aromatic nitrogens is 2. The van der Waals surface area contributed by atoms with Gasteiger partial charge in [-0.05, 0) is 19.1 Å². The summed E-state index contributed by atoms with van der Waals surface area (Å²) in [5.41, 5.74) is 5.57. The van der Waals surface area contributed by atoms with Crippen LogP contribution in [0.15, 0.2) is 24.3 Å². The first-order chi connectivity index (χ1) is 9.08. The van der Waals surface area contributed by atoms with Gasteiger partial charge < -0.3 is 15.8 Å². The van der Waals surface area contributed by atoms with Crippen LogP contribution in [0.1, 0.15) is 6.92 Å². The van der Waals surface area contributed by atoms with Crippen molar-refractivity contribution < 1.29 is 9.13 Å². The van der Waals surface area contributed by atoms with E-state index < -0.39 is 5.82 Å². The largest absolute Gasteiger partial charge is 0.439 e. The highest BCUT2D eigenvalue weighted by Crippen LogP contribution is 2.26. The van der Waals surface area contributed by atoms with Gasteiger partial charge in [0.15, 0.2) is 0 Å². The zero-order chi connectivity index (χ0) is 13.8. The van der Waals surface area contributed by atoms with Crippen LogP contribution in [-0.2, 0) is 0 Å². The third kappa shape index (κ3) is 3.45. The second kappa shape index (κ2) is 5.71. The number of nitrogens with one attached hydrogen (secondary N) is 1. The predicted molar refractivity (Wildman–Crippen MR) is 72.1 cm³/mol. The van der Waals surface area contributed by atoms with Crippen molar-refractivity contribution in [2.24, 2.45) is 0 Å². The molecule has 0 saturated heterocycles. The molecule has 100 valence electrons. The average Bonchev–Trinajstić information content (AvgIpc) is 2.33. The molecule has 7 heteroatoms. The molecular weight excluding hydrogens is 271 g/mol. The molecule has 0 bridgehead atoms. The molecule has 0 amide bonds. The standard InChI is InChI=1S/C12H12ClFN4O/c1-2-16-10-6-11(18-12(15)17-10)19-7-3-4-9(14)8(13)5-7/h3-6H,2H2,1H3,(H3,15,16,17,18). The molecular formula is C12H12ClFN4O. The monoisotopic (exact) mass is 282 g/mol. The Kier molecular flexibility index (Phi) is 4.01. The lowest BCUT2D eigenvalue weighted by Crippen LogP contribution is -2.04. The fourth-order valence-electron chi connectivity index (χ4n) is 1.43. The second-order valence-corrected chi connectivity index (χ2v) is 4.07. The van der Waals surface area contributed by atoms with Crippen LogP contribution < -0.4 is 15.8 Å². The second-order valence-electron chi connectivity index (χ2n) is 3.66. The summed E-state index contributed by atoms with van der Waals surface area (Å²) in [5.74, 6) is 0.752. The molecule has 2 aromatic rings. The van der Waals surface area contributed by atoms with E-state index in [0.717, 1.165) is 0 Å². The van der Waals surface area contributed by atoms with Crippen LogP contribution in [-0.4, -0.2) is 16.5 Å². The van der Waals surface area contributed by atoms with Crippen LogP contribution in [0.2, 0.25) is 5.02 Å². The molecule has 19 heavy (non-hydrogen) atoms. The van der Waals surface area contributed by atoms with Gasteiger partial charge in [-0.25, -0.2) is 4.39 Å². The van der Waals surface area contributed by atoms with Gasteiger partial charge >= 0.3 is 0 Å². The number of nitrogens with two attached hydrogens (primary N) is 1.